The molecule has 6 rings (SSSR count). The summed E-state index contributed by atoms with van der Waals surface area (Å²) in [5.74, 6) is 0.856. The molecular weight excluding hydrogens is 464 g/mol. The van der Waals surface area contributed by atoms with Crippen LogP contribution in [0.2, 0.25) is 0 Å². The van der Waals surface area contributed by atoms with Gasteiger partial charge in [0.05, 0.1) is 24.1 Å². The number of anilines is 1. The summed E-state index contributed by atoms with van der Waals surface area (Å²) in [5.41, 5.74) is 6.20. The van der Waals surface area contributed by atoms with Gasteiger partial charge in [-0.25, -0.2) is 0 Å². The van der Waals surface area contributed by atoms with Crippen LogP contribution in [0.4, 0.5) is 5.69 Å². The number of nitrogens with one attached hydrogen (secondary N) is 1. The fraction of sp³-hybridized carbons (Fsp3) is 0.267. The molecule has 1 aromatic heterocycles. The quantitative estimate of drug-likeness (QED) is 0.429. The number of aryl methyl sites for hydroxylation is 1. The van der Waals surface area contributed by atoms with Gasteiger partial charge in [-0.2, -0.15) is 0 Å². The van der Waals surface area contributed by atoms with Crippen molar-refractivity contribution in [3.63, 3.8) is 0 Å². The molecule has 0 radical (unpaired) electrons. The van der Waals surface area contributed by atoms with Gasteiger partial charge in [0, 0.05) is 44.0 Å². The molecule has 4 aromatic rings. The number of fused-ring (bicyclic) bond motifs is 6. The summed E-state index contributed by atoms with van der Waals surface area (Å²) in [6, 6.07) is 23.9. The molecular formula is C30H30N4O3. The number of nitrogens with zero attached hydrogens (tertiary/aromatic N) is 3. The van der Waals surface area contributed by atoms with Gasteiger partial charge in [-0.3, -0.25) is 9.59 Å². The highest BCUT2D eigenvalue weighted by Gasteiger charge is 2.42. The third kappa shape index (κ3) is 3.91. The number of hydrogen-bond acceptors (Lipinski definition) is 4. The third-order valence-corrected chi connectivity index (χ3v) is 7.62. The SMILES string of the molecule is COc1ccc(CNC(=O)CCn2c3c(c4ccccc42)CCN2C(=O)c4ccccc4N(C)C32)cc1. The van der Waals surface area contributed by atoms with Crippen LogP contribution in [0.5, 0.6) is 5.75 Å². The summed E-state index contributed by atoms with van der Waals surface area (Å²) in [7, 11) is 3.70. The van der Waals surface area contributed by atoms with Crippen molar-refractivity contribution in [1.29, 1.82) is 0 Å². The summed E-state index contributed by atoms with van der Waals surface area (Å²) < 4.78 is 7.46. The molecule has 0 saturated heterocycles. The first-order chi connectivity index (χ1) is 18.1. The minimum absolute atomic E-state index is 0.00608. The van der Waals surface area contributed by atoms with Crippen molar-refractivity contribution in [1.82, 2.24) is 14.8 Å². The highest BCUT2D eigenvalue weighted by Crippen LogP contribution is 2.44. The zero-order valence-electron chi connectivity index (χ0n) is 21.1. The van der Waals surface area contributed by atoms with Crippen molar-refractivity contribution in [2.75, 3.05) is 25.6 Å². The van der Waals surface area contributed by atoms with Crippen molar-refractivity contribution >= 4 is 28.4 Å². The number of para-hydroxylation sites is 2. The minimum Gasteiger partial charge on any atom is -0.497 e. The Morgan fingerprint density at radius 1 is 1.03 bits per heavy atom. The van der Waals surface area contributed by atoms with E-state index in [2.05, 4.69) is 40.0 Å². The third-order valence-electron chi connectivity index (χ3n) is 7.62. The zero-order chi connectivity index (χ0) is 25.5. The fourth-order valence-corrected chi connectivity index (χ4v) is 5.80. The highest BCUT2D eigenvalue weighted by molar-refractivity contribution is 6.02. The lowest BCUT2D eigenvalue weighted by atomic mass is 9.96. The van der Waals surface area contributed by atoms with Crippen molar-refractivity contribution in [3.8, 4) is 5.75 Å². The van der Waals surface area contributed by atoms with E-state index in [0.717, 1.165) is 40.2 Å². The summed E-state index contributed by atoms with van der Waals surface area (Å²) >= 11 is 0. The van der Waals surface area contributed by atoms with E-state index in [-0.39, 0.29) is 18.0 Å². The minimum atomic E-state index is -0.207. The van der Waals surface area contributed by atoms with Gasteiger partial charge in [0.25, 0.3) is 5.91 Å². The molecule has 1 atom stereocenters. The molecule has 1 unspecified atom stereocenters. The number of carbonyl (C=O) groups is 2. The maximum absolute atomic E-state index is 13.5. The summed E-state index contributed by atoms with van der Waals surface area (Å²) in [4.78, 5) is 30.5. The first kappa shape index (κ1) is 23.2. The second-order valence-corrected chi connectivity index (χ2v) is 9.66. The fourth-order valence-electron chi connectivity index (χ4n) is 5.80. The van der Waals surface area contributed by atoms with Gasteiger partial charge in [0.1, 0.15) is 11.9 Å². The van der Waals surface area contributed by atoms with E-state index in [0.29, 0.717) is 26.1 Å². The lowest BCUT2D eigenvalue weighted by Gasteiger charge is -2.46. The molecule has 3 heterocycles. The lowest BCUT2D eigenvalue weighted by molar-refractivity contribution is -0.121. The van der Waals surface area contributed by atoms with Crippen molar-refractivity contribution < 1.29 is 14.3 Å². The van der Waals surface area contributed by atoms with E-state index in [4.69, 9.17) is 4.74 Å². The van der Waals surface area contributed by atoms with Gasteiger partial charge in [-0.15, -0.1) is 0 Å². The average Bonchev–Trinajstić information content (AvgIpc) is 3.27. The highest BCUT2D eigenvalue weighted by atomic mass is 16.5. The molecule has 0 spiro atoms. The number of benzene rings is 3. The first-order valence-corrected chi connectivity index (χ1v) is 12.7. The largest absolute Gasteiger partial charge is 0.497 e. The van der Waals surface area contributed by atoms with E-state index >= 15 is 0 Å². The predicted octanol–water partition coefficient (Wildman–Crippen LogP) is 4.50. The Morgan fingerprint density at radius 2 is 1.78 bits per heavy atom. The molecule has 188 valence electrons. The second kappa shape index (κ2) is 9.32. The van der Waals surface area contributed by atoms with Gasteiger partial charge >= 0.3 is 0 Å². The van der Waals surface area contributed by atoms with Crippen LogP contribution in [0, 0.1) is 0 Å². The lowest BCUT2D eigenvalue weighted by Crippen LogP contribution is -2.51. The van der Waals surface area contributed by atoms with E-state index < -0.39 is 0 Å². The molecule has 3 aromatic carbocycles. The van der Waals surface area contributed by atoms with Crippen LogP contribution in [0.1, 0.15) is 39.8 Å². The molecule has 2 aliphatic rings. The van der Waals surface area contributed by atoms with E-state index in [1.54, 1.807) is 7.11 Å². The Morgan fingerprint density at radius 3 is 2.59 bits per heavy atom. The van der Waals surface area contributed by atoms with Crippen LogP contribution in [-0.4, -0.2) is 42.0 Å². The molecule has 7 nitrogen and oxygen atoms in total. The molecule has 0 saturated carbocycles. The monoisotopic (exact) mass is 494 g/mol. The number of aromatic nitrogens is 1. The Labute approximate surface area is 216 Å². The normalized spacial score (nSPS) is 16.3. The Bertz CT molecular complexity index is 1490. The van der Waals surface area contributed by atoms with Crippen LogP contribution >= 0.6 is 0 Å². The summed E-state index contributed by atoms with van der Waals surface area (Å²) in [6.07, 6.45) is 0.938. The number of carbonyl (C=O) groups excluding carboxylic acids is 2. The molecule has 1 N–H and O–H groups in total. The van der Waals surface area contributed by atoms with Crippen molar-refractivity contribution in [2.45, 2.75) is 32.1 Å². The zero-order valence-corrected chi connectivity index (χ0v) is 21.1. The molecule has 0 fully saturated rings. The predicted molar refractivity (Wildman–Crippen MR) is 144 cm³/mol. The standard InChI is InChI=1S/C30H30N4O3/c1-32-25-9-5-4-8-24(25)30(36)34-17-15-23-22-7-3-6-10-26(22)33(28(23)29(32)34)18-16-27(35)31-19-20-11-13-21(37-2)14-12-20/h3-14,29H,15-19H2,1-2H3,(H,31,35). The molecule has 2 aliphatic heterocycles. The average molecular weight is 495 g/mol. The summed E-state index contributed by atoms with van der Waals surface area (Å²) in [6.45, 7) is 1.68. The van der Waals surface area contributed by atoms with Gasteiger partial charge in [0.2, 0.25) is 5.91 Å². The van der Waals surface area contributed by atoms with Crippen LogP contribution in [0.3, 0.4) is 0 Å². The maximum atomic E-state index is 13.5. The van der Waals surface area contributed by atoms with Crippen LogP contribution < -0.4 is 15.0 Å². The second-order valence-electron chi connectivity index (χ2n) is 9.66. The maximum Gasteiger partial charge on any atom is 0.257 e. The first-order valence-electron chi connectivity index (χ1n) is 12.7. The van der Waals surface area contributed by atoms with E-state index in [9.17, 15) is 9.59 Å². The number of rotatable bonds is 6. The smallest absolute Gasteiger partial charge is 0.257 e. The van der Waals surface area contributed by atoms with Crippen molar-refractivity contribution in [2.24, 2.45) is 0 Å². The number of hydrogen-bond donors (Lipinski definition) is 1. The number of methoxy groups -OCH3 is 1. The molecule has 37 heavy (non-hydrogen) atoms. The Hall–Kier alpha value is -4.26. The van der Waals surface area contributed by atoms with E-state index in [1.807, 2.05) is 59.5 Å². The molecule has 7 heteroatoms. The number of amides is 2. The Kier molecular flexibility index (Phi) is 5.83. The van der Waals surface area contributed by atoms with Crippen LogP contribution in [-0.2, 0) is 24.3 Å². The van der Waals surface area contributed by atoms with Crippen molar-refractivity contribution in [3.05, 3.63) is 95.2 Å². The van der Waals surface area contributed by atoms with Gasteiger partial charge < -0.3 is 24.4 Å². The van der Waals surface area contributed by atoms with Crippen LogP contribution in [0.25, 0.3) is 10.9 Å². The topological polar surface area (TPSA) is 66.8 Å². The summed E-state index contributed by atoms with van der Waals surface area (Å²) in [5, 5.41) is 4.25. The van der Waals surface area contributed by atoms with Gasteiger partial charge in [-0.1, -0.05) is 42.5 Å². The number of ether oxygens (including phenoxy) is 1. The van der Waals surface area contributed by atoms with Crippen LogP contribution in [0.15, 0.2) is 72.8 Å². The molecule has 0 bridgehead atoms. The molecule has 0 aliphatic carbocycles. The Balaban J connectivity index is 1.29. The van der Waals surface area contributed by atoms with Gasteiger partial charge in [0.15, 0.2) is 0 Å². The van der Waals surface area contributed by atoms with E-state index in [1.165, 1.54) is 10.9 Å². The molecule has 2 amide bonds. The van der Waals surface area contributed by atoms with Gasteiger partial charge in [-0.05, 0) is 47.9 Å².